The fourth-order valence-electron chi connectivity index (χ4n) is 3.84. The molecule has 0 heterocycles. The van der Waals surface area contributed by atoms with Crippen molar-refractivity contribution in [3.05, 3.63) is 126 Å². The van der Waals surface area contributed by atoms with Gasteiger partial charge in [0.15, 0.2) is 0 Å². The van der Waals surface area contributed by atoms with Crippen LogP contribution >= 0.6 is 11.8 Å². The van der Waals surface area contributed by atoms with Crippen LogP contribution in [-0.2, 0) is 9.59 Å². The lowest BCUT2D eigenvalue weighted by Gasteiger charge is -2.14. The second-order valence-corrected chi connectivity index (χ2v) is 10.6. The van der Waals surface area contributed by atoms with Crippen molar-refractivity contribution < 1.29 is 19.1 Å². The third-order valence-corrected chi connectivity index (χ3v) is 7.19. The maximum Gasteiger partial charge on any atom is 0.272 e. The molecule has 0 aromatic heterocycles. The van der Waals surface area contributed by atoms with E-state index >= 15 is 0 Å². The van der Waals surface area contributed by atoms with E-state index < -0.39 is 11.8 Å². The first kappa shape index (κ1) is 29.2. The topological polar surface area (TPSA) is 96.5 Å². The van der Waals surface area contributed by atoms with Crippen LogP contribution in [0.3, 0.4) is 0 Å². The normalized spacial score (nSPS) is 11.7. The van der Waals surface area contributed by atoms with Crippen LogP contribution in [0.1, 0.15) is 28.4 Å². The van der Waals surface area contributed by atoms with Crippen molar-refractivity contribution in [3.63, 3.8) is 0 Å². The maximum absolute atomic E-state index is 13.3. The number of anilines is 2. The van der Waals surface area contributed by atoms with Gasteiger partial charge in [-0.15, -0.1) is 11.8 Å². The summed E-state index contributed by atoms with van der Waals surface area (Å²) in [7, 11) is 1.54. The molecule has 1 unspecified atom stereocenters. The summed E-state index contributed by atoms with van der Waals surface area (Å²) < 4.78 is 5.41. The van der Waals surface area contributed by atoms with Gasteiger partial charge in [0.1, 0.15) is 11.4 Å². The first-order valence-electron chi connectivity index (χ1n) is 13.0. The van der Waals surface area contributed by atoms with Crippen LogP contribution < -0.4 is 20.7 Å². The maximum atomic E-state index is 13.3. The molecule has 7 nitrogen and oxygen atoms in total. The highest BCUT2D eigenvalue weighted by molar-refractivity contribution is 8.00. The number of rotatable bonds is 10. The third-order valence-electron chi connectivity index (χ3n) is 6.08. The summed E-state index contributed by atoms with van der Waals surface area (Å²) in [5.41, 5.74) is 3.53. The molecule has 0 aliphatic carbocycles. The Balaban J connectivity index is 1.45. The van der Waals surface area contributed by atoms with Gasteiger partial charge in [-0.3, -0.25) is 14.4 Å². The van der Waals surface area contributed by atoms with Gasteiger partial charge in [0, 0.05) is 27.4 Å². The highest BCUT2D eigenvalue weighted by Crippen LogP contribution is 2.26. The van der Waals surface area contributed by atoms with Crippen molar-refractivity contribution in [2.75, 3.05) is 17.7 Å². The van der Waals surface area contributed by atoms with E-state index in [1.165, 1.54) is 11.8 Å². The number of ether oxygens (including phenoxy) is 1. The van der Waals surface area contributed by atoms with E-state index in [4.69, 9.17) is 4.74 Å². The SMILES string of the molecule is COc1ccccc1/C=C(\NC(=O)c1ccccc1)C(=O)Nc1ccc(SC(C)C(=O)Nc2ccc(C)cc2)cc1. The van der Waals surface area contributed by atoms with E-state index in [1.54, 1.807) is 61.7 Å². The zero-order valence-electron chi connectivity index (χ0n) is 23.0. The van der Waals surface area contributed by atoms with E-state index in [1.807, 2.05) is 68.4 Å². The van der Waals surface area contributed by atoms with Crippen LogP contribution in [0.15, 0.2) is 114 Å². The van der Waals surface area contributed by atoms with E-state index in [0.29, 0.717) is 22.6 Å². The number of carbonyl (C=O) groups excluding carboxylic acids is 3. The number of carbonyl (C=O) groups is 3. The molecule has 0 saturated carbocycles. The quantitative estimate of drug-likeness (QED) is 0.150. The van der Waals surface area contributed by atoms with Crippen molar-refractivity contribution >= 4 is 46.9 Å². The molecule has 0 radical (unpaired) electrons. The van der Waals surface area contributed by atoms with E-state index in [2.05, 4.69) is 16.0 Å². The van der Waals surface area contributed by atoms with Crippen LogP contribution in [0.2, 0.25) is 0 Å². The summed E-state index contributed by atoms with van der Waals surface area (Å²) in [6.45, 7) is 3.84. The molecule has 41 heavy (non-hydrogen) atoms. The minimum Gasteiger partial charge on any atom is -0.496 e. The van der Waals surface area contributed by atoms with Gasteiger partial charge < -0.3 is 20.7 Å². The number of hydrogen-bond acceptors (Lipinski definition) is 5. The molecule has 0 spiro atoms. The minimum atomic E-state index is -0.494. The zero-order valence-corrected chi connectivity index (χ0v) is 23.8. The lowest BCUT2D eigenvalue weighted by Crippen LogP contribution is -2.30. The van der Waals surface area contributed by atoms with Gasteiger partial charge in [0.05, 0.1) is 12.4 Å². The molecule has 8 heteroatoms. The van der Waals surface area contributed by atoms with Gasteiger partial charge in [0.25, 0.3) is 11.8 Å². The van der Waals surface area contributed by atoms with Gasteiger partial charge in [-0.25, -0.2) is 0 Å². The number of amides is 3. The van der Waals surface area contributed by atoms with Crippen molar-refractivity contribution in [3.8, 4) is 5.75 Å². The molecule has 1 atom stereocenters. The first-order chi connectivity index (χ1) is 19.8. The van der Waals surface area contributed by atoms with E-state index in [9.17, 15) is 14.4 Å². The van der Waals surface area contributed by atoms with Crippen molar-refractivity contribution in [1.82, 2.24) is 5.32 Å². The van der Waals surface area contributed by atoms with Crippen LogP contribution in [0.5, 0.6) is 5.75 Å². The number of benzene rings is 4. The molecule has 0 fully saturated rings. The molecule has 3 amide bonds. The molecule has 0 saturated heterocycles. The molecule has 4 aromatic carbocycles. The first-order valence-corrected chi connectivity index (χ1v) is 13.9. The second kappa shape index (κ2) is 14.0. The molecule has 0 bridgehead atoms. The van der Waals surface area contributed by atoms with Crippen LogP contribution in [0, 0.1) is 6.92 Å². The molecule has 0 aliphatic rings. The predicted octanol–water partition coefficient (Wildman–Crippen LogP) is 6.53. The standard InChI is InChI=1S/C33H31N3O4S/c1-22-13-15-26(16-14-22)34-31(37)23(2)41-28-19-17-27(18-20-28)35-33(39)29(21-25-11-7-8-12-30(25)40-3)36-32(38)24-9-5-4-6-10-24/h4-21,23H,1-3H3,(H,34,37)(H,35,39)(H,36,38)/b29-21-. The van der Waals surface area contributed by atoms with E-state index in [-0.39, 0.29) is 16.9 Å². The molecule has 4 aromatic rings. The minimum absolute atomic E-state index is 0.0585. The zero-order chi connectivity index (χ0) is 29.2. The monoisotopic (exact) mass is 565 g/mol. The van der Waals surface area contributed by atoms with Crippen molar-refractivity contribution in [2.45, 2.75) is 24.0 Å². The summed E-state index contributed by atoms with van der Waals surface area (Å²) >= 11 is 1.41. The van der Waals surface area contributed by atoms with Gasteiger partial charge in [0.2, 0.25) is 5.91 Å². The Hall–Kier alpha value is -4.82. The Morgan fingerprint density at radius 3 is 2.07 bits per heavy atom. The summed E-state index contributed by atoms with van der Waals surface area (Å²) in [4.78, 5) is 39.7. The summed E-state index contributed by atoms with van der Waals surface area (Å²) in [6, 6.07) is 30.7. The number of para-hydroxylation sites is 1. The lowest BCUT2D eigenvalue weighted by atomic mass is 10.1. The second-order valence-electron chi connectivity index (χ2n) is 9.21. The Morgan fingerprint density at radius 1 is 0.780 bits per heavy atom. The lowest BCUT2D eigenvalue weighted by molar-refractivity contribution is -0.115. The predicted molar refractivity (Wildman–Crippen MR) is 165 cm³/mol. The van der Waals surface area contributed by atoms with Crippen LogP contribution in [-0.4, -0.2) is 30.1 Å². The van der Waals surface area contributed by atoms with Crippen LogP contribution in [0.4, 0.5) is 11.4 Å². The Kier molecular flexibility index (Phi) is 9.96. The molecule has 4 rings (SSSR count). The molecule has 0 aliphatic heterocycles. The van der Waals surface area contributed by atoms with E-state index in [0.717, 1.165) is 16.1 Å². The van der Waals surface area contributed by atoms with Gasteiger partial charge in [-0.1, -0.05) is 54.1 Å². The Bertz CT molecular complexity index is 1540. The smallest absolute Gasteiger partial charge is 0.272 e. The third kappa shape index (κ3) is 8.33. The highest BCUT2D eigenvalue weighted by Gasteiger charge is 2.17. The Morgan fingerprint density at radius 2 is 1.39 bits per heavy atom. The van der Waals surface area contributed by atoms with Gasteiger partial charge >= 0.3 is 0 Å². The molecule has 208 valence electrons. The van der Waals surface area contributed by atoms with Gasteiger partial charge in [-0.2, -0.15) is 0 Å². The van der Waals surface area contributed by atoms with Crippen molar-refractivity contribution in [1.29, 1.82) is 0 Å². The molecule has 3 N–H and O–H groups in total. The summed E-state index contributed by atoms with van der Waals surface area (Å²) in [5.74, 6) is -0.442. The number of hydrogen-bond donors (Lipinski definition) is 3. The fraction of sp³-hybridized carbons (Fsp3) is 0.121. The molecular formula is C33H31N3O4S. The number of methoxy groups -OCH3 is 1. The largest absolute Gasteiger partial charge is 0.496 e. The number of aryl methyl sites for hydroxylation is 1. The number of thioether (sulfide) groups is 1. The average Bonchev–Trinajstić information content (AvgIpc) is 2.99. The summed E-state index contributed by atoms with van der Waals surface area (Å²) in [6.07, 6.45) is 1.58. The fourth-order valence-corrected chi connectivity index (χ4v) is 4.70. The summed E-state index contributed by atoms with van der Waals surface area (Å²) in [5, 5.41) is 8.17. The van der Waals surface area contributed by atoms with Crippen LogP contribution in [0.25, 0.3) is 6.08 Å². The molecular weight excluding hydrogens is 534 g/mol. The van der Waals surface area contributed by atoms with Crippen molar-refractivity contribution in [2.24, 2.45) is 0 Å². The van der Waals surface area contributed by atoms with Gasteiger partial charge in [-0.05, 0) is 74.5 Å². The Labute approximate surface area is 244 Å². The number of nitrogens with one attached hydrogen (secondary N) is 3. The average molecular weight is 566 g/mol. The highest BCUT2D eigenvalue weighted by atomic mass is 32.2.